The van der Waals surface area contributed by atoms with Gasteiger partial charge in [0.25, 0.3) is 0 Å². The number of rotatable bonds is 6. The maximum absolute atomic E-state index is 12.9. The van der Waals surface area contributed by atoms with Crippen LogP contribution in [0.25, 0.3) is 0 Å². The number of halogens is 1. The van der Waals surface area contributed by atoms with E-state index in [9.17, 15) is 9.18 Å². The van der Waals surface area contributed by atoms with Crippen LogP contribution in [0.5, 0.6) is 5.75 Å². The molecule has 1 aromatic carbocycles. The Balaban J connectivity index is 1.45. The number of likely N-dealkylation sites (tertiary alicyclic amines) is 1. The molecular formula is C18H22FN3O2. The summed E-state index contributed by atoms with van der Waals surface area (Å²) in [7, 11) is 0. The second-order valence-corrected chi connectivity index (χ2v) is 6.13. The first-order valence-electron chi connectivity index (χ1n) is 8.34. The highest BCUT2D eigenvalue weighted by atomic mass is 19.1. The van der Waals surface area contributed by atoms with Gasteiger partial charge in [-0.2, -0.15) is 5.10 Å². The fourth-order valence-corrected chi connectivity index (χ4v) is 2.97. The van der Waals surface area contributed by atoms with Crippen LogP contribution >= 0.6 is 0 Å². The van der Waals surface area contributed by atoms with Crippen LogP contribution in [0.15, 0.2) is 42.7 Å². The van der Waals surface area contributed by atoms with Crippen molar-refractivity contribution in [3.05, 3.63) is 48.5 Å². The van der Waals surface area contributed by atoms with Gasteiger partial charge in [0.2, 0.25) is 5.91 Å². The van der Waals surface area contributed by atoms with E-state index in [4.69, 9.17) is 4.74 Å². The van der Waals surface area contributed by atoms with Crippen molar-refractivity contribution < 1.29 is 13.9 Å². The number of aromatic nitrogens is 2. The van der Waals surface area contributed by atoms with E-state index in [0.717, 1.165) is 25.9 Å². The van der Waals surface area contributed by atoms with Crippen molar-refractivity contribution in [3.63, 3.8) is 0 Å². The quantitative estimate of drug-likeness (QED) is 0.818. The van der Waals surface area contributed by atoms with Gasteiger partial charge in [0.15, 0.2) is 0 Å². The summed E-state index contributed by atoms with van der Waals surface area (Å²) < 4.78 is 20.4. The van der Waals surface area contributed by atoms with Gasteiger partial charge in [0, 0.05) is 44.4 Å². The van der Waals surface area contributed by atoms with E-state index >= 15 is 0 Å². The van der Waals surface area contributed by atoms with Crippen LogP contribution in [-0.2, 0) is 11.3 Å². The normalized spacial score (nSPS) is 17.7. The van der Waals surface area contributed by atoms with Crippen molar-refractivity contribution in [1.29, 1.82) is 0 Å². The third-order valence-corrected chi connectivity index (χ3v) is 4.28. The van der Waals surface area contributed by atoms with Gasteiger partial charge < -0.3 is 9.64 Å². The van der Waals surface area contributed by atoms with E-state index in [-0.39, 0.29) is 11.7 Å². The number of nitrogens with zero attached hydrogens (tertiary/aromatic N) is 3. The lowest BCUT2D eigenvalue weighted by Crippen LogP contribution is -2.41. The summed E-state index contributed by atoms with van der Waals surface area (Å²) >= 11 is 0. The van der Waals surface area contributed by atoms with Crippen LogP contribution in [0, 0.1) is 11.7 Å². The Morgan fingerprint density at radius 1 is 1.33 bits per heavy atom. The van der Waals surface area contributed by atoms with Gasteiger partial charge in [-0.05, 0) is 43.2 Å². The molecule has 1 saturated heterocycles. The number of carbonyl (C=O) groups excluding carboxylic acids is 1. The van der Waals surface area contributed by atoms with Crippen LogP contribution in [0.4, 0.5) is 4.39 Å². The van der Waals surface area contributed by atoms with E-state index in [1.54, 1.807) is 23.0 Å². The number of ether oxygens (including phenoxy) is 1. The zero-order valence-electron chi connectivity index (χ0n) is 13.6. The maximum atomic E-state index is 12.9. The molecule has 1 amide bonds. The molecule has 2 aromatic rings. The van der Waals surface area contributed by atoms with Crippen molar-refractivity contribution in [3.8, 4) is 5.75 Å². The molecular weight excluding hydrogens is 309 g/mol. The van der Waals surface area contributed by atoms with Crippen LogP contribution in [0.1, 0.15) is 19.3 Å². The maximum Gasteiger partial charge on any atom is 0.224 e. The molecule has 0 saturated carbocycles. The number of hydrogen-bond acceptors (Lipinski definition) is 3. The number of piperidine rings is 1. The van der Waals surface area contributed by atoms with Crippen molar-refractivity contribution in [2.75, 3.05) is 19.7 Å². The highest BCUT2D eigenvalue weighted by Crippen LogP contribution is 2.19. The number of hydrogen-bond donors (Lipinski definition) is 0. The standard InChI is InChI=1S/C18H22FN3O2/c19-16-4-6-17(7-5-16)24-14-15-3-1-10-21(13-15)18(23)8-12-22-11-2-9-20-22/h2,4-7,9,11,15H,1,3,8,10,12-14H2. The predicted molar refractivity (Wildman–Crippen MR) is 88.0 cm³/mol. The van der Waals surface area contributed by atoms with E-state index < -0.39 is 0 Å². The Morgan fingerprint density at radius 2 is 2.17 bits per heavy atom. The number of carbonyl (C=O) groups is 1. The topological polar surface area (TPSA) is 47.4 Å². The molecule has 128 valence electrons. The average molecular weight is 331 g/mol. The predicted octanol–water partition coefficient (Wildman–Crippen LogP) is 2.73. The summed E-state index contributed by atoms with van der Waals surface area (Å²) in [5.74, 6) is 0.877. The van der Waals surface area contributed by atoms with Crippen molar-refractivity contribution in [2.24, 2.45) is 5.92 Å². The molecule has 1 aliphatic rings. The Bertz CT molecular complexity index is 643. The van der Waals surface area contributed by atoms with E-state index in [0.29, 0.717) is 31.2 Å². The van der Waals surface area contributed by atoms with E-state index in [2.05, 4.69) is 5.10 Å². The van der Waals surface area contributed by atoms with E-state index in [1.165, 1.54) is 12.1 Å². The van der Waals surface area contributed by atoms with Crippen LogP contribution in [-0.4, -0.2) is 40.3 Å². The van der Waals surface area contributed by atoms with Gasteiger partial charge in [0.1, 0.15) is 11.6 Å². The van der Waals surface area contributed by atoms with Crippen LogP contribution < -0.4 is 4.74 Å². The molecule has 1 unspecified atom stereocenters. The lowest BCUT2D eigenvalue weighted by atomic mass is 9.98. The first kappa shape index (κ1) is 16.5. The van der Waals surface area contributed by atoms with E-state index in [1.807, 2.05) is 17.2 Å². The second-order valence-electron chi connectivity index (χ2n) is 6.13. The molecule has 1 fully saturated rings. The summed E-state index contributed by atoms with van der Waals surface area (Å²) in [6, 6.07) is 7.90. The second kappa shape index (κ2) is 7.95. The van der Waals surface area contributed by atoms with Crippen molar-refractivity contribution in [2.45, 2.75) is 25.8 Å². The Morgan fingerprint density at radius 3 is 2.92 bits per heavy atom. The minimum atomic E-state index is -0.269. The molecule has 2 heterocycles. The average Bonchev–Trinajstić information content (AvgIpc) is 3.13. The molecule has 0 spiro atoms. The smallest absolute Gasteiger partial charge is 0.224 e. The molecule has 0 N–H and O–H groups in total. The zero-order chi connectivity index (χ0) is 16.8. The molecule has 0 bridgehead atoms. The molecule has 1 atom stereocenters. The molecule has 6 heteroatoms. The summed E-state index contributed by atoms with van der Waals surface area (Å²) in [6.45, 7) is 2.69. The van der Waals surface area contributed by atoms with Gasteiger partial charge >= 0.3 is 0 Å². The number of amides is 1. The van der Waals surface area contributed by atoms with Gasteiger partial charge in [-0.1, -0.05) is 0 Å². The molecule has 3 rings (SSSR count). The molecule has 1 aromatic heterocycles. The highest BCUT2D eigenvalue weighted by Gasteiger charge is 2.24. The Kier molecular flexibility index (Phi) is 5.46. The van der Waals surface area contributed by atoms with Crippen LogP contribution in [0.2, 0.25) is 0 Å². The zero-order valence-corrected chi connectivity index (χ0v) is 13.6. The summed E-state index contributed by atoms with van der Waals surface area (Å²) in [6.07, 6.45) is 6.08. The highest BCUT2D eigenvalue weighted by molar-refractivity contribution is 5.76. The number of benzene rings is 1. The summed E-state index contributed by atoms with van der Waals surface area (Å²) in [5.41, 5.74) is 0. The molecule has 1 aliphatic heterocycles. The van der Waals surface area contributed by atoms with Crippen molar-refractivity contribution in [1.82, 2.24) is 14.7 Å². The Hall–Kier alpha value is -2.37. The first-order chi connectivity index (χ1) is 11.7. The minimum absolute atomic E-state index is 0.164. The third-order valence-electron chi connectivity index (χ3n) is 4.28. The molecule has 0 radical (unpaired) electrons. The summed E-state index contributed by atoms with van der Waals surface area (Å²) in [4.78, 5) is 14.3. The monoisotopic (exact) mass is 331 g/mol. The first-order valence-corrected chi connectivity index (χ1v) is 8.34. The minimum Gasteiger partial charge on any atom is -0.493 e. The third kappa shape index (κ3) is 4.57. The fourth-order valence-electron chi connectivity index (χ4n) is 2.97. The van der Waals surface area contributed by atoms with Crippen molar-refractivity contribution >= 4 is 5.91 Å². The molecule has 24 heavy (non-hydrogen) atoms. The van der Waals surface area contributed by atoms with Gasteiger partial charge in [-0.15, -0.1) is 0 Å². The number of aryl methyl sites for hydroxylation is 1. The van der Waals surface area contributed by atoms with Gasteiger partial charge in [0.05, 0.1) is 6.61 Å². The largest absolute Gasteiger partial charge is 0.493 e. The molecule has 5 nitrogen and oxygen atoms in total. The SMILES string of the molecule is O=C(CCn1cccn1)N1CCCC(COc2ccc(F)cc2)C1. The lowest BCUT2D eigenvalue weighted by molar-refractivity contribution is -0.133. The fraction of sp³-hybridized carbons (Fsp3) is 0.444. The van der Waals surface area contributed by atoms with Crippen LogP contribution in [0.3, 0.4) is 0 Å². The lowest BCUT2D eigenvalue weighted by Gasteiger charge is -2.32. The van der Waals surface area contributed by atoms with Gasteiger partial charge in [-0.3, -0.25) is 9.48 Å². The Labute approximate surface area is 141 Å². The molecule has 0 aliphatic carbocycles. The summed E-state index contributed by atoms with van der Waals surface area (Å²) in [5, 5.41) is 4.12. The van der Waals surface area contributed by atoms with Gasteiger partial charge in [-0.25, -0.2) is 4.39 Å².